The Kier molecular flexibility index (Phi) is 8.86. The maximum Gasteiger partial charge on any atom is 0.352 e. The van der Waals surface area contributed by atoms with Crippen LogP contribution >= 0.6 is 34.4 Å². The van der Waals surface area contributed by atoms with Crippen molar-refractivity contribution in [2.24, 2.45) is 10.9 Å². The predicted octanol–water partition coefficient (Wildman–Crippen LogP) is 0.779. The van der Waals surface area contributed by atoms with Gasteiger partial charge < -0.3 is 36.4 Å². The van der Waals surface area contributed by atoms with Crippen molar-refractivity contribution in [1.82, 2.24) is 24.8 Å². The number of carboxylic acids is 2. The summed E-state index contributed by atoms with van der Waals surface area (Å²) in [5.41, 5.74) is 10.8. The van der Waals surface area contributed by atoms with Crippen LogP contribution in [-0.4, -0.2) is 87.7 Å². The molecule has 17 nitrogen and oxygen atoms in total. The summed E-state index contributed by atoms with van der Waals surface area (Å²) < 4.78 is 3.83. The number of thiazole rings is 2. The average molecular weight is 726 g/mol. The third-order valence-corrected chi connectivity index (χ3v) is 10.5. The van der Waals surface area contributed by atoms with Crippen molar-refractivity contribution in [2.45, 2.75) is 44.0 Å². The monoisotopic (exact) mass is 725 g/mol. The van der Waals surface area contributed by atoms with Crippen molar-refractivity contribution in [2.75, 3.05) is 11.5 Å². The highest BCUT2D eigenvalue weighted by Crippen LogP contribution is 2.40. The number of nitrogens with zero attached hydrogens (tertiary/aromatic N) is 6. The molecule has 254 valence electrons. The molecule has 0 unspecified atom stereocenters. The third-order valence-electron chi connectivity index (χ3n) is 7.68. The maximum atomic E-state index is 13.4. The average Bonchev–Trinajstić information content (AvgIpc) is 3.80. The number of carboxylic acid groups (broad SMARTS) is 2. The Bertz CT molecular complexity index is 2100. The molecule has 2 atom stereocenters. The van der Waals surface area contributed by atoms with Gasteiger partial charge in [-0.25, -0.2) is 19.6 Å². The maximum absolute atomic E-state index is 13.4. The summed E-state index contributed by atoms with van der Waals surface area (Å²) in [6.07, 6.45) is 5.63. The van der Waals surface area contributed by atoms with Crippen LogP contribution in [0.25, 0.3) is 10.9 Å². The van der Waals surface area contributed by atoms with E-state index in [4.69, 9.17) is 21.7 Å². The zero-order valence-electron chi connectivity index (χ0n) is 25.8. The molecular weight excluding hydrogens is 697 g/mol. The lowest BCUT2D eigenvalue weighted by Crippen LogP contribution is -2.71. The number of thioether (sulfide) groups is 1. The highest BCUT2D eigenvalue weighted by atomic mass is 32.2. The van der Waals surface area contributed by atoms with E-state index in [1.807, 2.05) is 39.9 Å². The molecule has 2 amide bonds. The molecule has 2 aliphatic rings. The number of hydrogen-bond acceptors (Lipinski definition) is 13. The Hall–Kier alpha value is -5.34. The fraction of sp³-hybridized carbons (Fsp3) is 0.276. The second kappa shape index (κ2) is 12.9. The van der Waals surface area contributed by atoms with Crippen molar-refractivity contribution in [3.05, 3.63) is 69.1 Å². The topological polar surface area (TPSA) is 256 Å². The van der Waals surface area contributed by atoms with Gasteiger partial charge in [0, 0.05) is 39.7 Å². The number of aliphatic carboxylic acids is 2. The molecular formula is C29H29N10O7S3+. The Morgan fingerprint density at radius 1 is 1.20 bits per heavy atom. The molecule has 49 heavy (non-hydrogen) atoms. The summed E-state index contributed by atoms with van der Waals surface area (Å²) in [6, 6.07) is 2.77. The summed E-state index contributed by atoms with van der Waals surface area (Å²) in [6.45, 7) is 3.13. The van der Waals surface area contributed by atoms with Crippen LogP contribution in [0, 0.1) is 5.41 Å². The SMILES string of the molecule is CC(C)(O/N=C(\C(=O)N[C@@H]1C(=O)N2C(C(=O)O)=C(C[n+]3ccc4ccn(Cc5nc(C(=N)N)cs5)c4c3)CS[C@H]12)c1csc(N)n1)C(=O)O. The van der Waals surface area contributed by atoms with E-state index in [9.17, 15) is 29.4 Å². The number of aromatic nitrogens is 4. The number of amides is 2. The van der Waals surface area contributed by atoms with E-state index in [1.165, 1.54) is 42.3 Å². The molecule has 6 rings (SSSR count). The van der Waals surface area contributed by atoms with Gasteiger partial charge >= 0.3 is 11.9 Å². The number of amidine groups is 1. The second-order valence-electron chi connectivity index (χ2n) is 11.5. The number of carbonyl (C=O) groups excluding carboxylic acids is 2. The lowest BCUT2D eigenvalue weighted by Gasteiger charge is -2.49. The van der Waals surface area contributed by atoms with Crippen molar-refractivity contribution in [3.63, 3.8) is 0 Å². The molecule has 0 spiro atoms. The van der Waals surface area contributed by atoms with Crippen molar-refractivity contribution in [3.8, 4) is 0 Å². The summed E-state index contributed by atoms with van der Waals surface area (Å²) in [5, 5.41) is 37.8. The van der Waals surface area contributed by atoms with Crippen LogP contribution in [0.4, 0.5) is 5.13 Å². The molecule has 20 heteroatoms. The third kappa shape index (κ3) is 6.56. The van der Waals surface area contributed by atoms with Gasteiger partial charge in [0.1, 0.15) is 44.9 Å². The predicted molar refractivity (Wildman–Crippen MR) is 180 cm³/mol. The summed E-state index contributed by atoms with van der Waals surface area (Å²) in [5.74, 6) is -3.95. The lowest BCUT2D eigenvalue weighted by atomic mass is 10.0. The molecule has 1 saturated heterocycles. The summed E-state index contributed by atoms with van der Waals surface area (Å²) >= 11 is 3.72. The van der Waals surface area contributed by atoms with E-state index in [1.54, 1.807) is 5.38 Å². The Morgan fingerprint density at radius 3 is 2.61 bits per heavy atom. The Morgan fingerprint density at radius 2 is 1.96 bits per heavy atom. The smallest absolute Gasteiger partial charge is 0.352 e. The van der Waals surface area contributed by atoms with Gasteiger partial charge in [-0.3, -0.25) is 19.9 Å². The highest BCUT2D eigenvalue weighted by Gasteiger charge is 2.55. The van der Waals surface area contributed by atoms with Gasteiger partial charge in [-0.05, 0) is 19.9 Å². The lowest BCUT2D eigenvalue weighted by molar-refractivity contribution is -0.687. The standard InChI is InChI=1S/C29H28N10O7S3/c1-29(2,27(44)45)46-36-19(15-11-49-28(32)34-15)23(40)35-20-24(41)39-21(26(42)43)14(10-48-25(20)39)7-37-5-3-13-4-6-38(17(13)8-37)9-18-33-16(12-47-18)22(30)31/h3-6,8,11-12,20,25H,7,9-10H2,1-2H3,(H7-,30,31,32,34,35,40,42,43,44,45)/p+1/b36-19-/t20-,25-/m1/s1. The summed E-state index contributed by atoms with van der Waals surface area (Å²) in [7, 11) is 0. The minimum absolute atomic E-state index is 0.0159. The molecule has 6 heterocycles. The molecule has 8 N–H and O–H groups in total. The number of oxime groups is 1. The van der Waals surface area contributed by atoms with E-state index in [0.29, 0.717) is 17.8 Å². The minimum Gasteiger partial charge on any atom is -0.478 e. The van der Waals surface area contributed by atoms with Crippen molar-refractivity contribution < 1.29 is 38.8 Å². The van der Waals surface area contributed by atoms with Crippen LogP contribution in [0.1, 0.15) is 30.2 Å². The quantitative estimate of drug-likeness (QED) is 0.0390. The number of nitrogens with two attached hydrogens (primary N) is 2. The molecule has 2 aliphatic heterocycles. The van der Waals surface area contributed by atoms with Crippen LogP contribution in [0.3, 0.4) is 0 Å². The minimum atomic E-state index is -1.78. The van der Waals surface area contributed by atoms with Gasteiger partial charge in [-0.1, -0.05) is 5.16 Å². The summed E-state index contributed by atoms with van der Waals surface area (Å²) in [4.78, 5) is 65.5. The fourth-order valence-corrected chi connectivity index (χ4v) is 7.77. The zero-order chi connectivity index (χ0) is 35.2. The zero-order valence-corrected chi connectivity index (χ0v) is 28.3. The number of hydrogen-bond donors (Lipinski definition) is 6. The van der Waals surface area contributed by atoms with Gasteiger partial charge in [0.2, 0.25) is 5.60 Å². The first-order valence-corrected chi connectivity index (χ1v) is 17.2. The molecule has 4 aromatic heterocycles. The number of β-lactam (4-membered cyclic amide) rings is 1. The van der Waals surface area contributed by atoms with Gasteiger partial charge in [0.25, 0.3) is 11.8 Å². The molecule has 0 aromatic carbocycles. The van der Waals surface area contributed by atoms with Crippen molar-refractivity contribution in [1.29, 1.82) is 5.41 Å². The number of rotatable bonds is 12. The highest BCUT2D eigenvalue weighted by molar-refractivity contribution is 8.00. The van der Waals surface area contributed by atoms with Gasteiger partial charge in [0.05, 0.1) is 6.54 Å². The Labute approximate surface area is 289 Å². The van der Waals surface area contributed by atoms with Gasteiger partial charge in [-0.15, -0.1) is 34.4 Å². The molecule has 1 fully saturated rings. The van der Waals surface area contributed by atoms with E-state index in [0.717, 1.165) is 32.1 Å². The van der Waals surface area contributed by atoms with E-state index < -0.39 is 46.5 Å². The number of carbonyl (C=O) groups is 4. The van der Waals surface area contributed by atoms with Crippen LogP contribution in [0.15, 0.2) is 57.9 Å². The number of anilines is 1. The van der Waals surface area contributed by atoms with E-state index >= 15 is 0 Å². The van der Waals surface area contributed by atoms with Crippen LogP contribution in [0.2, 0.25) is 0 Å². The van der Waals surface area contributed by atoms with Crippen LogP contribution in [0.5, 0.6) is 0 Å². The normalized spacial score (nSPS) is 17.9. The number of fused-ring (bicyclic) bond motifs is 2. The van der Waals surface area contributed by atoms with Crippen LogP contribution < -0.4 is 21.4 Å². The van der Waals surface area contributed by atoms with E-state index in [2.05, 4.69) is 20.4 Å². The molecule has 0 bridgehead atoms. The first-order valence-electron chi connectivity index (χ1n) is 14.4. The van der Waals surface area contributed by atoms with Crippen LogP contribution in [-0.2, 0) is 37.1 Å². The molecule has 4 aromatic rings. The Balaban J connectivity index is 1.21. The van der Waals surface area contributed by atoms with Gasteiger partial charge in [0.15, 0.2) is 29.8 Å². The number of pyridine rings is 1. The molecule has 0 saturated carbocycles. The fourth-order valence-electron chi connectivity index (χ4n) is 5.09. The first-order chi connectivity index (χ1) is 23.2. The first kappa shape index (κ1) is 33.6. The van der Waals surface area contributed by atoms with Gasteiger partial charge in [-0.2, -0.15) is 4.57 Å². The second-order valence-corrected chi connectivity index (χ2v) is 14.4. The largest absolute Gasteiger partial charge is 0.478 e. The number of nitrogen functional groups attached to an aromatic ring is 2. The van der Waals surface area contributed by atoms with Crippen molar-refractivity contribution >= 4 is 85.8 Å². The molecule has 0 radical (unpaired) electrons. The molecule has 0 aliphatic carbocycles. The number of nitrogens with one attached hydrogen (secondary N) is 2. The van der Waals surface area contributed by atoms with E-state index in [-0.39, 0.29) is 34.7 Å².